The zero-order valence-electron chi connectivity index (χ0n) is 15.2. The first-order valence-electron chi connectivity index (χ1n) is 9.23. The smallest absolute Gasteiger partial charge is 0.220 e. The van der Waals surface area contributed by atoms with Gasteiger partial charge in [0.2, 0.25) is 5.91 Å². The quantitative estimate of drug-likeness (QED) is 0.631. The van der Waals surface area contributed by atoms with Crippen molar-refractivity contribution in [3.05, 3.63) is 36.0 Å². The van der Waals surface area contributed by atoms with Gasteiger partial charge in [0.05, 0.1) is 0 Å². The molecule has 7 heteroatoms. The molecule has 0 atom stereocenters. The van der Waals surface area contributed by atoms with Crippen LogP contribution < -0.4 is 16.0 Å². The number of hydrogen-bond donors (Lipinski definition) is 3. The number of hydrogen-bond acceptors (Lipinski definition) is 6. The molecule has 0 saturated heterocycles. The molecule has 7 nitrogen and oxygen atoms in total. The van der Waals surface area contributed by atoms with Crippen molar-refractivity contribution in [2.75, 3.05) is 23.7 Å². The van der Waals surface area contributed by atoms with E-state index < -0.39 is 0 Å². The Hall–Kier alpha value is -2.70. The topological polar surface area (TPSA) is 91.8 Å². The first-order valence-corrected chi connectivity index (χ1v) is 9.23. The van der Waals surface area contributed by atoms with Crippen LogP contribution >= 0.6 is 0 Å². The number of pyridine rings is 1. The average molecular weight is 354 g/mol. The van der Waals surface area contributed by atoms with Crippen LogP contribution in [0.15, 0.2) is 30.5 Å². The molecule has 1 amide bonds. The zero-order valence-corrected chi connectivity index (χ0v) is 15.2. The van der Waals surface area contributed by atoms with E-state index >= 15 is 0 Å². The van der Waals surface area contributed by atoms with Gasteiger partial charge in [-0.3, -0.25) is 4.79 Å². The van der Waals surface area contributed by atoms with Crippen LogP contribution in [-0.4, -0.2) is 34.2 Å². The third-order valence-electron chi connectivity index (χ3n) is 4.53. The summed E-state index contributed by atoms with van der Waals surface area (Å²) in [5.41, 5.74) is 1.11. The molecular formula is C19H26N6O. The Bertz CT molecular complexity index is 695. The molecule has 26 heavy (non-hydrogen) atoms. The second-order valence-corrected chi connectivity index (χ2v) is 6.78. The van der Waals surface area contributed by atoms with Crippen LogP contribution in [0.25, 0.3) is 0 Å². The van der Waals surface area contributed by atoms with E-state index in [2.05, 4.69) is 31.1 Å². The Morgan fingerprint density at radius 3 is 2.46 bits per heavy atom. The lowest BCUT2D eigenvalue weighted by Gasteiger charge is -2.10. The minimum Gasteiger partial charge on any atom is -0.367 e. The molecule has 2 heterocycles. The summed E-state index contributed by atoms with van der Waals surface area (Å²) in [7, 11) is 0. The Balaban J connectivity index is 1.36. The van der Waals surface area contributed by atoms with E-state index in [0.717, 1.165) is 11.4 Å². The summed E-state index contributed by atoms with van der Waals surface area (Å²) in [5.74, 6) is 2.77. The maximum Gasteiger partial charge on any atom is 0.220 e. The van der Waals surface area contributed by atoms with E-state index in [9.17, 15) is 4.79 Å². The van der Waals surface area contributed by atoms with Crippen molar-refractivity contribution in [2.24, 2.45) is 5.92 Å². The summed E-state index contributed by atoms with van der Waals surface area (Å²) in [6.07, 6.45) is 7.38. The molecule has 3 rings (SSSR count). The SMILES string of the molecule is Cc1ccc(Nc2ccc(NCCNC(=O)CC3CCCC3)nn2)nc1. The van der Waals surface area contributed by atoms with E-state index in [1.54, 1.807) is 6.20 Å². The summed E-state index contributed by atoms with van der Waals surface area (Å²) in [6.45, 7) is 3.20. The summed E-state index contributed by atoms with van der Waals surface area (Å²) in [6, 6.07) is 7.58. The first kappa shape index (κ1) is 18.1. The fraction of sp³-hybridized carbons (Fsp3) is 0.474. The van der Waals surface area contributed by atoms with Gasteiger partial charge < -0.3 is 16.0 Å². The second kappa shape index (κ2) is 9.12. The highest BCUT2D eigenvalue weighted by Gasteiger charge is 2.17. The van der Waals surface area contributed by atoms with Crippen LogP contribution in [0.4, 0.5) is 17.5 Å². The van der Waals surface area contributed by atoms with Crippen LogP contribution in [0.3, 0.4) is 0 Å². The number of anilines is 3. The molecule has 0 aliphatic heterocycles. The lowest BCUT2D eigenvalue weighted by molar-refractivity contribution is -0.121. The van der Waals surface area contributed by atoms with Gasteiger partial charge in [0.15, 0.2) is 5.82 Å². The van der Waals surface area contributed by atoms with Gasteiger partial charge in [-0.05, 0) is 49.4 Å². The maximum absolute atomic E-state index is 11.9. The van der Waals surface area contributed by atoms with E-state index in [-0.39, 0.29) is 5.91 Å². The number of nitrogens with zero attached hydrogens (tertiary/aromatic N) is 3. The van der Waals surface area contributed by atoms with Gasteiger partial charge in [0, 0.05) is 25.7 Å². The highest BCUT2D eigenvalue weighted by atomic mass is 16.1. The van der Waals surface area contributed by atoms with Crippen LogP contribution in [0.2, 0.25) is 0 Å². The normalized spacial score (nSPS) is 14.2. The van der Waals surface area contributed by atoms with Crippen molar-refractivity contribution in [1.29, 1.82) is 0 Å². The van der Waals surface area contributed by atoms with E-state index in [1.165, 1.54) is 25.7 Å². The minimum atomic E-state index is 0.148. The van der Waals surface area contributed by atoms with Gasteiger partial charge in [-0.2, -0.15) is 0 Å². The Kier molecular flexibility index (Phi) is 6.35. The maximum atomic E-state index is 11.9. The van der Waals surface area contributed by atoms with Gasteiger partial charge >= 0.3 is 0 Å². The van der Waals surface area contributed by atoms with Gasteiger partial charge in [-0.1, -0.05) is 18.9 Å². The van der Waals surface area contributed by atoms with E-state index in [1.807, 2.05) is 31.2 Å². The van der Waals surface area contributed by atoms with Crippen molar-refractivity contribution in [1.82, 2.24) is 20.5 Å². The number of rotatable bonds is 8. The number of carbonyl (C=O) groups is 1. The number of carbonyl (C=O) groups excluding carboxylic acids is 1. The summed E-state index contributed by atoms with van der Waals surface area (Å²) >= 11 is 0. The summed E-state index contributed by atoms with van der Waals surface area (Å²) in [5, 5.41) is 17.5. The van der Waals surface area contributed by atoms with Crippen LogP contribution in [0.1, 0.15) is 37.7 Å². The lowest BCUT2D eigenvalue weighted by Crippen LogP contribution is -2.30. The zero-order chi connectivity index (χ0) is 18.2. The average Bonchev–Trinajstić information content (AvgIpc) is 3.15. The minimum absolute atomic E-state index is 0.148. The molecule has 1 aliphatic carbocycles. The van der Waals surface area contributed by atoms with Crippen molar-refractivity contribution >= 4 is 23.4 Å². The highest BCUT2D eigenvalue weighted by molar-refractivity contribution is 5.76. The molecule has 0 unspecified atom stereocenters. The van der Waals surface area contributed by atoms with Gasteiger partial charge in [-0.15, -0.1) is 10.2 Å². The molecule has 0 aromatic carbocycles. The molecule has 1 aliphatic rings. The van der Waals surface area contributed by atoms with Gasteiger partial charge in [0.25, 0.3) is 0 Å². The van der Waals surface area contributed by atoms with E-state index in [0.29, 0.717) is 37.1 Å². The third-order valence-corrected chi connectivity index (χ3v) is 4.53. The Labute approximate surface area is 154 Å². The fourth-order valence-corrected chi connectivity index (χ4v) is 3.11. The molecule has 0 bridgehead atoms. The molecule has 2 aromatic rings. The van der Waals surface area contributed by atoms with Crippen LogP contribution in [-0.2, 0) is 4.79 Å². The van der Waals surface area contributed by atoms with Gasteiger partial charge in [0.1, 0.15) is 11.6 Å². The molecule has 0 spiro atoms. The summed E-state index contributed by atoms with van der Waals surface area (Å²) in [4.78, 5) is 16.1. The molecular weight excluding hydrogens is 328 g/mol. The number of nitrogens with one attached hydrogen (secondary N) is 3. The Morgan fingerprint density at radius 2 is 1.77 bits per heavy atom. The third kappa shape index (κ3) is 5.68. The lowest BCUT2D eigenvalue weighted by atomic mass is 10.0. The predicted molar refractivity (Wildman–Crippen MR) is 102 cm³/mol. The molecule has 3 N–H and O–H groups in total. The molecule has 2 aromatic heterocycles. The largest absolute Gasteiger partial charge is 0.367 e. The van der Waals surface area contributed by atoms with E-state index in [4.69, 9.17) is 0 Å². The number of aryl methyl sites for hydroxylation is 1. The molecule has 0 radical (unpaired) electrons. The Morgan fingerprint density at radius 1 is 1.04 bits per heavy atom. The highest BCUT2D eigenvalue weighted by Crippen LogP contribution is 2.27. The first-order chi connectivity index (χ1) is 12.7. The van der Waals surface area contributed by atoms with Crippen molar-refractivity contribution in [3.63, 3.8) is 0 Å². The van der Waals surface area contributed by atoms with Crippen molar-refractivity contribution in [3.8, 4) is 0 Å². The fourth-order valence-electron chi connectivity index (χ4n) is 3.11. The molecule has 138 valence electrons. The van der Waals surface area contributed by atoms with Crippen LogP contribution in [0.5, 0.6) is 0 Å². The van der Waals surface area contributed by atoms with Crippen molar-refractivity contribution in [2.45, 2.75) is 39.0 Å². The standard InChI is InChI=1S/C19H26N6O/c1-14-6-7-16(22-13-14)23-18-9-8-17(24-25-18)20-10-11-21-19(26)12-15-4-2-3-5-15/h6-9,13,15H,2-5,10-12H2,1H3,(H,20,24)(H,21,26)(H,22,23,25). The summed E-state index contributed by atoms with van der Waals surface area (Å²) < 4.78 is 0. The second-order valence-electron chi connectivity index (χ2n) is 6.78. The molecule has 1 saturated carbocycles. The number of amides is 1. The predicted octanol–water partition coefficient (Wildman–Crippen LogP) is 3.03. The van der Waals surface area contributed by atoms with Gasteiger partial charge in [-0.25, -0.2) is 4.98 Å². The molecule has 1 fully saturated rings. The number of aromatic nitrogens is 3. The monoisotopic (exact) mass is 354 g/mol. The van der Waals surface area contributed by atoms with Crippen LogP contribution in [0, 0.1) is 12.8 Å². The van der Waals surface area contributed by atoms with Crippen molar-refractivity contribution < 1.29 is 4.79 Å².